The lowest BCUT2D eigenvalue weighted by atomic mass is 10.0. The molecular formula is C73H140O6. The van der Waals surface area contributed by atoms with E-state index < -0.39 is 6.10 Å². The molecule has 6 nitrogen and oxygen atoms in total. The van der Waals surface area contributed by atoms with Crippen LogP contribution in [0, 0.1) is 0 Å². The third kappa shape index (κ3) is 66.8. The second-order valence-electron chi connectivity index (χ2n) is 24.9. The van der Waals surface area contributed by atoms with Crippen LogP contribution in [0.2, 0.25) is 0 Å². The third-order valence-corrected chi connectivity index (χ3v) is 16.8. The van der Waals surface area contributed by atoms with Gasteiger partial charge in [0.15, 0.2) is 6.10 Å². The van der Waals surface area contributed by atoms with Gasteiger partial charge in [-0.05, 0) is 44.9 Å². The predicted octanol–water partition coefficient (Wildman–Crippen LogP) is 24.8. The van der Waals surface area contributed by atoms with Crippen molar-refractivity contribution >= 4 is 17.9 Å². The van der Waals surface area contributed by atoms with Crippen molar-refractivity contribution in [1.82, 2.24) is 0 Å². The van der Waals surface area contributed by atoms with Gasteiger partial charge in [0.1, 0.15) is 13.2 Å². The zero-order valence-electron chi connectivity index (χ0n) is 53.9. The topological polar surface area (TPSA) is 78.9 Å². The molecule has 0 bridgehead atoms. The normalized spacial score (nSPS) is 12.0. The van der Waals surface area contributed by atoms with E-state index in [-0.39, 0.29) is 31.1 Å². The largest absolute Gasteiger partial charge is 0.462 e. The Labute approximate surface area is 494 Å². The Balaban J connectivity index is 4.17. The average Bonchev–Trinajstić information content (AvgIpc) is 3.45. The van der Waals surface area contributed by atoms with E-state index in [1.165, 1.54) is 315 Å². The van der Waals surface area contributed by atoms with Crippen LogP contribution >= 0.6 is 0 Å². The Morgan fingerprint density at radius 3 is 0.646 bits per heavy atom. The van der Waals surface area contributed by atoms with Gasteiger partial charge < -0.3 is 14.2 Å². The van der Waals surface area contributed by atoms with Crippen LogP contribution in [0.4, 0.5) is 0 Å². The van der Waals surface area contributed by atoms with Gasteiger partial charge in [0, 0.05) is 19.3 Å². The molecule has 0 aromatic carbocycles. The number of rotatable bonds is 68. The molecule has 0 radical (unpaired) electrons. The maximum atomic E-state index is 12.9. The Bertz CT molecular complexity index is 1230. The van der Waals surface area contributed by atoms with Crippen LogP contribution in [0.1, 0.15) is 419 Å². The zero-order chi connectivity index (χ0) is 57.1. The number of hydrogen-bond donors (Lipinski definition) is 0. The molecule has 0 fully saturated rings. The molecule has 0 aliphatic carbocycles. The van der Waals surface area contributed by atoms with E-state index in [4.69, 9.17) is 14.2 Å². The molecule has 1 atom stereocenters. The number of allylic oxidation sites excluding steroid dienone is 2. The van der Waals surface area contributed by atoms with Crippen LogP contribution in [-0.2, 0) is 28.6 Å². The Kier molecular flexibility index (Phi) is 67.0. The summed E-state index contributed by atoms with van der Waals surface area (Å²) < 4.78 is 17.0. The third-order valence-electron chi connectivity index (χ3n) is 16.8. The summed E-state index contributed by atoms with van der Waals surface area (Å²) in [6.07, 6.45) is 82.5. The molecule has 1 unspecified atom stereocenters. The first kappa shape index (κ1) is 77.2. The fraction of sp³-hybridized carbons (Fsp3) is 0.932. The van der Waals surface area contributed by atoms with E-state index in [9.17, 15) is 14.4 Å². The molecule has 0 amide bonds. The van der Waals surface area contributed by atoms with Gasteiger partial charge in [-0.15, -0.1) is 0 Å². The molecule has 0 saturated heterocycles. The van der Waals surface area contributed by atoms with E-state index in [0.717, 1.165) is 64.2 Å². The fourth-order valence-electron chi connectivity index (χ4n) is 11.3. The first-order chi connectivity index (χ1) is 39.0. The highest BCUT2D eigenvalue weighted by Crippen LogP contribution is 2.19. The molecule has 0 aromatic heterocycles. The molecule has 6 heteroatoms. The van der Waals surface area contributed by atoms with Gasteiger partial charge in [-0.3, -0.25) is 14.4 Å². The average molecular weight is 1110 g/mol. The van der Waals surface area contributed by atoms with E-state index in [1.807, 2.05) is 0 Å². The van der Waals surface area contributed by atoms with Crippen molar-refractivity contribution in [1.29, 1.82) is 0 Å². The van der Waals surface area contributed by atoms with Crippen LogP contribution in [0.25, 0.3) is 0 Å². The van der Waals surface area contributed by atoms with E-state index in [2.05, 4.69) is 32.9 Å². The van der Waals surface area contributed by atoms with Crippen molar-refractivity contribution in [3.05, 3.63) is 12.2 Å². The molecule has 0 aliphatic rings. The molecule has 79 heavy (non-hydrogen) atoms. The summed E-state index contributed by atoms with van der Waals surface area (Å²) in [5.74, 6) is -0.839. The van der Waals surface area contributed by atoms with Crippen molar-refractivity contribution < 1.29 is 28.6 Å². The summed E-state index contributed by atoms with van der Waals surface area (Å²) in [7, 11) is 0. The van der Waals surface area contributed by atoms with Gasteiger partial charge in [0.05, 0.1) is 0 Å². The van der Waals surface area contributed by atoms with Crippen molar-refractivity contribution in [3.63, 3.8) is 0 Å². The number of hydrogen-bond acceptors (Lipinski definition) is 6. The minimum atomic E-state index is -0.770. The molecule has 0 N–H and O–H groups in total. The molecular weight excluding hydrogens is 973 g/mol. The minimum absolute atomic E-state index is 0.0656. The van der Waals surface area contributed by atoms with E-state index >= 15 is 0 Å². The summed E-state index contributed by atoms with van der Waals surface area (Å²) >= 11 is 0. The monoisotopic (exact) mass is 1110 g/mol. The maximum absolute atomic E-state index is 12.9. The summed E-state index contributed by atoms with van der Waals surface area (Å²) in [5, 5.41) is 0. The first-order valence-corrected chi connectivity index (χ1v) is 36.2. The van der Waals surface area contributed by atoms with Crippen molar-refractivity contribution in [2.24, 2.45) is 0 Å². The SMILES string of the molecule is CCCCCC/C=C\CCCCCCCC(=O)OCC(COC(=O)CCCCCCCCCCCCCCCCCCCCCCCCCCCCC)OC(=O)CCCCCCCCCCCCCCCCCCCCCCC. The van der Waals surface area contributed by atoms with Crippen LogP contribution in [-0.4, -0.2) is 37.2 Å². The number of esters is 3. The number of carbonyl (C=O) groups excluding carboxylic acids is 3. The first-order valence-electron chi connectivity index (χ1n) is 36.2. The fourth-order valence-corrected chi connectivity index (χ4v) is 11.3. The highest BCUT2D eigenvalue weighted by Gasteiger charge is 2.19. The van der Waals surface area contributed by atoms with E-state index in [1.54, 1.807) is 0 Å². The van der Waals surface area contributed by atoms with Crippen molar-refractivity contribution in [2.45, 2.75) is 425 Å². The lowest BCUT2D eigenvalue weighted by molar-refractivity contribution is -0.167. The van der Waals surface area contributed by atoms with Crippen LogP contribution in [0.3, 0.4) is 0 Å². The standard InChI is InChI=1S/C73H140O6/c1-4-7-10-13-16-19-22-25-27-29-31-33-34-35-36-37-38-40-41-43-45-48-51-54-57-60-63-66-72(75)78-69-70(68-77-71(74)65-62-59-56-53-50-47-24-21-18-15-12-9-6-3)79-73(76)67-64-61-58-55-52-49-46-44-42-39-32-30-28-26-23-20-17-14-11-8-5-2/h21,24,70H,4-20,22-23,25-69H2,1-3H3/b24-21-. The summed E-state index contributed by atoms with van der Waals surface area (Å²) in [5.41, 5.74) is 0. The highest BCUT2D eigenvalue weighted by molar-refractivity contribution is 5.71. The van der Waals surface area contributed by atoms with Gasteiger partial charge in [0.25, 0.3) is 0 Å². The lowest BCUT2D eigenvalue weighted by Gasteiger charge is -2.18. The van der Waals surface area contributed by atoms with Crippen molar-refractivity contribution in [3.8, 4) is 0 Å². The lowest BCUT2D eigenvalue weighted by Crippen LogP contribution is -2.30. The molecule has 0 heterocycles. The van der Waals surface area contributed by atoms with Crippen LogP contribution in [0.5, 0.6) is 0 Å². The second kappa shape index (κ2) is 68.6. The summed E-state index contributed by atoms with van der Waals surface area (Å²) in [4.78, 5) is 38.4. The quantitative estimate of drug-likeness (QED) is 0.0261. The highest BCUT2D eigenvalue weighted by atomic mass is 16.6. The van der Waals surface area contributed by atoms with Gasteiger partial charge in [-0.2, -0.15) is 0 Å². The minimum Gasteiger partial charge on any atom is -0.462 e. The Morgan fingerprint density at radius 2 is 0.418 bits per heavy atom. The molecule has 0 aromatic rings. The maximum Gasteiger partial charge on any atom is 0.306 e. The predicted molar refractivity (Wildman–Crippen MR) is 344 cm³/mol. The second-order valence-corrected chi connectivity index (χ2v) is 24.9. The zero-order valence-corrected chi connectivity index (χ0v) is 53.9. The number of unbranched alkanes of at least 4 members (excludes halogenated alkanes) is 55. The van der Waals surface area contributed by atoms with Gasteiger partial charge in [0.2, 0.25) is 0 Å². The van der Waals surface area contributed by atoms with Crippen LogP contribution < -0.4 is 0 Å². The molecule has 0 rings (SSSR count). The summed E-state index contributed by atoms with van der Waals surface area (Å²) in [6, 6.07) is 0. The molecule has 468 valence electrons. The number of ether oxygens (including phenoxy) is 3. The molecule has 0 aliphatic heterocycles. The Hall–Kier alpha value is -1.85. The van der Waals surface area contributed by atoms with Gasteiger partial charge >= 0.3 is 17.9 Å². The molecule has 0 spiro atoms. The van der Waals surface area contributed by atoms with E-state index in [0.29, 0.717) is 19.3 Å². The summed E-state index contributed by atoms with van der Waals surface area (Å²) in [6.45, 7) is 6.71. The molecule has 0 saturated carbocycles. The van der Waals surface area contributed by atoms with Crippen molar-refractivity contribution in [2.75, 3.05) is 13.2 Å². The smallest absolute Gasteiger partial charge is 0.306 e. The van der Waals surface area contributed by atoms with Crippen LogP contribution in [0.15, 0.2) is 12.2 Å². The number of carbonyl (C=O) groups is 3. The Morgan fingerprint density at radius 1 is 0.241 bits per heavy atom. The van der Waals surface area contributed by atoms with Gasteiger partial charge in [-0.1, -0.05) is 367 Å². The van der Waals surface area contributed by atoms with Gasteiger partial charge in [-0.25, -0.2) is 0 Å².